The molecule has 2 unspecified atom stereocenters. The number of hydrogen-bond acceptors (Lipinski definition) is 3. The summed E-state index contributed by atoms with van der Waals surface area (Å²) in [7, 11) is 0. The summed E-state index contributed by atoms with van der Waals surface area (Å²) in [6.45, 7) is 0. The van der Waals surface area contributed by atoms with Crippen molar-refractivity contribution in [2.45, 2.75) is 48.6 Å². The topological polar surface area (TPSA) is 38.7 Å². The molecule has 0 aromatic rings. The summed E-state index contributed by atoms with van der Waals surface area (Å²) in [5.41, 5.74) is 0. The van der Waals surface area contributed by atoms with Crippen molar-refractivity contribution in [1.82, 2.24) is 0 Å². The SMILES string of the molecule is OC(F)(F)C1(C(F)(F)C(F)F)OC(F)(F)C(F)(C(F)(F)C(F)F)O1.[H-].[K+]. The molecule has 0 saturated carbocycles. The van der Waals surface area contributed by atoms with Gasteiger partial charge in [-0.1, -0.05) is 0 Å². The first kappa shape index (κ1) is 25.6. The Balaban J connectivity index is 0. The molecule has 0 aliphatic carbocycles. The van der Waals surface area contributed by atoms with Gasteiger partial charge in [0.05, 0.1) is 0 Å². The Morgan fingerprint density at radius 1 is 0.760 bits per heavy atom. The molecular weight excluding hydrogens is 430 g/mol. The smallest absolute Gasteiger partial charge is 1.00 e. The van der Waals surface area contributed by atoms with Gasteiger partial charge < -0.3 is 6.53 Å². The van der Waals surface area contributed by atoms with E-state index in [9.17, 15) is 57.1 Å². The van der Waals surface area contributed by atoms with Crippen LogP contribution in [0.4, 0.5) is 57.1 Å². The fourth-order valence-electron chi connectivity index (χ4n) is 1.53. The van der Waals surface area contributed by atoms with Crippen molar-refractivity contribution >= 4 is 0 Å². The van der Waals surface area contributed by atoms with Crippen LogP contribution in [0.25, 0.3) is 0 Å². The molecule has 1 aliphatic heterocycles. The number of aliphatic hydroxyl groups is 1. The predicted octanol–water partition coefficient (Wildman–Crippen LogP) is 0.490. The molecule has 1 heterocycles. The molecule has 1 saturated heterocycles. The standard InChI is InChI=1S/C8H3F13O3.K.H/c9-1(10)3(13,14)5(17)8(20,21)24-6(23-5,7(18,19)22)4(15,16)2(11)12;;/h1-2,22H;;/q;+1;-1. The van der Waals surface area contributed by atoms with Crippen LogP contribution in [0.1, 0.15) is 1.43 Å². The zero-order valence-corrected chi connectivity index (χ0v) is 14.5. The van der Waals surface area contributed by atoms with E-state index in [1.165, 1.54) is 0 Å². The van der Waals surface area contributed by atoms with E-state index in [4.69, 9.17) is 5.11 Å². The van der Waals surface area contributed by atoms with Gasteiger partial charge in [0.15, 0.2) is 0 Å². The number of alkyl halides is 13. The van der Waals surface area contributed by atoms with Gasteiger partial charge in [0, 0.05) is 0 Å². The monoisotopic (exact) mass is 434 g/mol. The van der Waals surface area contributed by atoms with Gasteiger partial charge >= 0.3 is 99.9 Å². The zero-order valence-electron chi connectivity index (χ0n) is 12.3. The molecule has 1 rings (SSSR count). The summed E-state index contributed by atoms with van der Waals surface area (Å²) >= 11 is 0. The van der Waals surface area contributed by atoms with Crippen LogP contribution in [0, 0.1) is 0 Å². The molecule has 0 aromatic heterocycles. The van der Waals surface area contributed by atoms with Crippen LogP contribution in [-0.2, 0) is 9.47 Å². The van der Waals surface area contributed by atoms with E-state index in [1.54, 1.807) is 0 Å². The van der Waals surface area contributed by atoms with Gasteiger partial charge in [0.1, 0.15) is 0 Å². The second kappa shape index (κ2) is 6.89. The summed E-state index contributed by atoms with van der Waals surface area (Å²) in [5.74, 6) is -26.7. The van der Waals surface area contributed by atoms with Gasteiger partial charge in [-0.05, 0) is 0 Å². The van der Waals surface area contributed by atoms with Crippen LogP contribution in [-0.4, -0.2) is 53.7 Å². The molecule has 1 fully saturated rings. The predicted molar refractivity (Wildman–Crippen MR) is 43.9 cm³/mol. The summed E-state index contributed by atoms with van der Waals surface area (Å²) in [4.78, 5) is 0. The fourth-order valence-corrected chi connectivity index (χ4v) is 1.53. The van der Waals surface area contributed by atoms with E-state index in [0.717, 1.165) is 0 Å². The first-order valence-corrected chi connectivity index (χ1v) is 5.19. The molecule has 25 heavy (non-hydrogen) atoms. The first-order chi connectivity index (χ1) is 10.3. The van der Waals surface area contributed by atoms with Crippen molar-refractivity contribution < 1.29 is 124 Å². The number of ether oxygens (including phenoxy) is 2. The third-order valence-corrected chi connectivity index (χ3v) is 2.74. The number of rotatable bonds is 5. The molecule has 2 atom stereocenters. The molecule has 0 amide bonds. The molecule has 0 radical (unpaired) electrons. The summed E-state index contributed by atoms with van der Waals surface area (Å²) < 4.78 is 170. The van der Waals surface area contributed by atoms with Gasteiger partial charge in [-0.3, -0.25) is 9.47 Å². The van der Waals surface area contributed by atoms with Crippen LogP contribution in [0.5, 0.6) is 0 Å². The molecule has 17 heteroatoms. The van der Waals surface area contributed by atoms with Gasteiger partial charge in [-0.2, -0.15) is 39.5 Å². The number of halogens is 13. The minimum Gasteiger partial charge on any atom is -1.00 e. The average molecular weight is 434 g/mol. The normalized spacial score (nSPS) is 30.7. The summed E-state index contributed by atoms with van der Waals surface area (Å²) in [5, 5.41) is 8.09. The van der Waals surface area contributed by atoms with Crippen molar-refractivity contribution in [1.29, 1.82) is 0 Å². The molecule has 1 aliphatic rings. The minimum atomic E-state index is -6.79. The zero-order chi connectivity index (χ0) is 19.6. The van der Waals surface area contributed by atoms with E-state index >= 15 is 0 Å². The molecule has 3 nitrogen and oxygen atoms in total. The second-order valence-electron chi connectivity index (χ2n) is 4.32. The molecular formula is C8H4F13KO3. The molecule has 0 spiro atoms. The van der Waals surface area contributed by atoms with Crippen molar-refractivity contribution in [2.75, 3.05) is 0 Å². The van der Waals surface area contributed by atoms with E-state index in [2.05, 4.69) is 9.47 Å². The first-order valence-electron chi connectivity index (χ1n) is 5.19. The second-order valence-corrected chi connectivity index (χ2v) is 4.32. The Kier molecular flexibility index (Phi) is 7.06. The van der Waals surface area contributed by atoms with E-state index in [1.807, 2.05) is 0 Å². The van der Waals surface area contributed by atoms with Crippen molar-refractivity contribution in [3.63, 3.8) is 0 Å². The molecule has 0 bridgehead atoms. The minimum absolute atomic E-state index is 0. The van der Waals surface area contributed by atoms with Crippen LogP contribution < -0.4 is 51.4 Å². The summed E-state index contributed by atoms with van der Waals surface area (Å²) in [6, 6.07) is 0. The Morgan fingerprint density at radius 2 is 1.12 bits per heavy atom. The Labute approximate surface area is 172 Å². The van der Waals surface area contributed by atoms with Gasteiger partial charge in [-0.25, -0.2) is 17.6 Å². The molecule has 146 valence electrons. The third kappa shape index (κ3) is 3.42. The van der Waals surface area contributed by atoms with Crippen LogP contribution in [0.2, 0.25) is 0 Å². The quantitative estimate of drug-likeness (QED) is 0.506. The Morgan fingerprint density at radius 3 is 1.40 bits per heavy atom. The number of hydrogen-bond donors (Lipinski definition) is 1. The largest absolute Gasteiger partial charge is 1.00 e. The van der Waals surface area contributed by atoms with Crippen molar-refractivity contribution in [2.24, 2.45) is 0 Å². The van der Waals surface area contributed by atoms with E-state index < -0.39 is 48.6 Å². The maximum absolute atomic E-state index is 13.6. The Bertz CT molecular complexity index is 500. The Hall–Kier alpha value is 0.606. The fraction of sp³-hybridized carbons (Fsp3) is 1.00. The van der Waals surface area contributed by atoms with Crippen LogP contribution >= 0.6 is 0 Å². The maximum Gasteiger partial charge on any atom is 1.00 e. The summed E-state index contributed by atoms with van der Waals surface area (Å²) in [6.07, 6.45) is -24.3. The van der Waals surface area contributed by atoms with Gasteiger partial charge in [0.25, 0.3) is 0 Å². The van der Waals surface area contributed by atoms with Crippen LogP contribution in [0.3, 0.4) is 0 Å². The van der Waals surface area contributed by atoms with Gasteiger partial charge in [0.2, 0.25) is 0 Å². The van der Waals surface area contributed by atoms with E-state index in [0.29, 0.717) is 0 Å². The van der Waals surface area contributed by atoms with Crippen molar-refractivity contribution in [3.8, 4) is 0 Å². The molecule has 1 N–H and O–H groups in total. The maximum atomic E-state index is 13.6. The van der Waals surface area contributed by atoms with E-state index in [-0.39, 0.29) is 52.8 Å². The molecule has 0 aromatic carbocycles. The average Bonchev–Trinajstić information content (AvgIpc) is 2.58. The van der Waals surface area contributed by atoms with Crippen LogP contribution in [0.15, 0.2) is 0 Å². The third-order valence-electron chi connectivity index (χ3n) is 2.74. The van der Waals surface area contributed by atoms with Crippen molar-refractivity contribution in [3.05, 3.63) is 0 Å². The van der Waals surface area contributed by atoms with Gasteiger partial charge in [-0.15, -0.1) is 0 Å².